The highest BCUT2D eigenvalue weighted by Crippen LogP contribution is 2.14. The second kappa shape index (κ2) is 6.90. The van der Waals surface area contributed by atoms with Crippen LogP contribution < -0.4 is 10.2 Å². The van der Waals surface area contributed by atoms with Gasteiger partial charge in [-0.1, -0.05) is 20.3 Å². The van der Waals surface area contributed by atoms with Gasteiger partial charge in [-0.3, -0.25) is 0 Å². The van der Waals surface area contributed by atoms with Gasteiger partial charge in [0.2, 0.25) is 0 Å². The van der Waals surface area contributed by atoms with Crippen LogP contribution in [-0.4, -0.2) is 24.1 Å². The molecular weight excluding hydrogens is 234 g/mol. The molecule has 1 atom stereocenters. The summed E-state index contributed by atoms with van der Waals surface area (Å²) in [4.78, 5) is 6.71. The standard InChI is InChI=1S/C16H29N3/c1-7-13(2)12-19(6)15-10-14(8-9-17-15)11-18-16(3,4)5/h8-10,13,18H,7,11-12H2,1-6H3. The summed E-state index contributed by atoms with van der Waals surface area (Å²) >= 11 is 0. The van der Waals surface area contributed by atoms with E-state index in [4.69, 9.17) is 0 Å². The Labute approximate surface area is 118 Å². The largest absolute Gasteiger partial charge is 0.359 e. The van der Waals surface area contributed by atoms with Crippen LogP contribution in [0.5, 0.6) is 0 Å². The molecule has 0 saturated carbocycles. The third-order valence-electron chi connectivity index (χ3n) is 3.31. The van der Waals surface area contributed by atoms with E-state index in [1.54, 1.807) is 0 Å². The summed E-state index contributed by atoms with van der Waals surface area (Å²) in [6.45, 7) is 13.0. The normalized spacial score (nSPS) is 13.4. The van der Waals surface area contributed by atoms with Crippen LogP contribution >= 0.6 is 0 Å². The van der Waals surface area contributed by atoms with Gasteiger partial charge in [-0.05, 0) is 44.4 Å². The first kappa shape index (κ1) is 16.0. The Kier molecular flexibility index (Phi) is 5.80. The molecule has 0 aliphatic heterocycles. The van der Waals surface area contributed by atoms with Crippen LogP contribution in [0.2, 0.25) is 0 Å². The van der Waals surface area contributed by atoms with Gasteiger partial charge in [0.05, 0.1) is 0 Å². The third kappa shape index (κ3) is 6.06. The maximum atomic E-state index is 4.47. The van der Waals surface area contributed by atoms with Crippen molar-refractivity contribution in [3.8, 4) is 0 Å². The van der Waals surface area contributed by atoms with Crippen molar-refractivity contribution < 1.29 is 0 Å². The first-order valence-electron chi connectivity index (χ1n) is 7.23. The summed E-state index contributed by atoms with van der Waals surface area (Å²) in [6, 6.07) is 4.26. The van der Waals surface area contributed by atoms with E-state index in [0.717, 1.165) is 18.9 Å². The molecular formula is C16H29N3. The van der Waals surface area contributed by atoms with E-state index in [0.29, 0.717) is 5.92 Å². The molecule has 0 bridgehead atoms. The van der Waals surface area contributed by atoms with Crippen molar-refractivity contribution in [2.45, 2.75) is 53.1 Å². The van der Waals surface area contributed by atoms with Crippen LogP contribution in [0.1, 0.15) is 46.6 Å². The first-order valence-corrected chi connectivity index (χ1v) is 7.23. The Bertz CT molecular complexity index is 382. The Balaban J connectivity index is 2.66. The minimum absolute atomic E-state index is 0.145. The zero-order chi connectivity index (χ0) is 14.5. The number of aromatic nitrogens is 1. The Morgan fingerprint density at radius 3 is 2.63 bits per heavy atom. The number of nitrogens with one attached hydrogen (secondary N) is 1. The molecule has 0 radical (unpaired) electrons. The monoisotopic (exact) mass is 263 g/mol. The number of hydrogen-bond acceptors (Lipinski definition) is 3. The lowest BCUT2D eigenvalue weighted by atomic mass is 10.1. The minimum Gasteiger partial charge on any atom is -0.359 e. The van der Waals surface area contributed by atoms with Crippen LogP contribution in [0, 0.1) is 5.92 Å². The van der Waals surface area contributed by atoms with Crippen molar-refractivity contribution in [3.63, 3.8) is 0 Å². The molecule has 0 aliphatic rings. The Hall–Kier alpha value is -1.09. The summed E-state index contributed by atoms with van der Waals surface area (Å²) < 4.78 is 0. The molecule has 1 aromatic heterocycles. The maximum Gasteiger partial charge on any atom is 0.128 e. The fourth-order valence-corrected chi connectivity index (χ4v) is 1.84. The maximum absolute atomic E-state index is 4.47. The van der Waals surface area contributed by atoms with Crippen LogP contribution in [0.15, 0.2) is 18.3 Å². The van der Waals surface area contributed by atoms with Crippen molar-refractivity contribution in [3.05, 3.63) is 23.9 Å². The number of anilines is 1. The molecule has 1 rings (SSSR count). The van der Waals surface area contributed by atoms with Gasteiger partial charge < -0.3 is 10.2 Å². The minimum atomic E-state index is 0.145. The number of rotatable bonds is 6. The third-order valence-corrected chi connectivity index (χ3v) is 3.31. The fraction of sp³-hybridized carbons (Fsp3) is 0.688. The van der Waals surface area contributed by atoms with E-state index in [9.17, 15) is 0 Å². The second-order valence-electron chi connectivity index (χ2n) is 6.52. The van der Waals surface area contributed by atoms with Crippen molar-refractivity contribution in [2.75, 3.05) is 18.5 Å². The molecule has 3 heteroatoms. The Morgan fingerprint density at radius 1 is 1.37 bits per heavy atom. The lowest BCUT2D eigenvalue weighted by Crippen LogP contribution is -2.35. The average molecular weight is 263 g/mol. The molecule has 0 aliphatic carbocycles. The zero-order valence-corrected chi connectivity index (χ0v) is 13.3. The smallest absolute Gasteiger partial charge is 0.128 e. The number of pyridine rings is 1. The van der Waals surface area contributed by atoms with Crippen LogP contribution in [0.25, 0.3) is 0 Å². The molecule has 0 aromatic carbocycles. The highest BCUT2D eigenvalue weighted by atomic mass is 15.2. The van der Waals surface area contributed by atoms with E-state index in [2.05, 4.69) is 69.0 Å². The Morgan fingerprint density at radius 2 is 2.05 bits per heavy atom. The molecule has 0 fully saturated rings. The highest BCUT2D eigenvalue weighted by Gasteiger charge is 2.10. The summed E-state index contributed by atoms with van der Waals surface area (Å²) in [7, 11) is 2.12. The van der Waals surface area contributed by atoms with Gasteiger partial charge in [0, 0.05) is 31.9 Å². The van der Waals surface area contributed by atoms with Crippen molar-refractivity contribution in [2.24, 2.45) is 5.92 Å². The van der Waals surface area contributed by atoms with E-state index < -0.39 is 0 Å². The molecule has 0 spiro atoms. The molecule has 0 saturated heterocycles. The van der Waals surface area contributed by atoms with Gasteiger partial charge in [0.15, 0.2) is 0 Å². The molecule has 1 heterocycles. The van der Waals surface area contributed by atoms with Gasteiger partial charge in [-0.25, -0.2) is 4.98 Å². The molecule has 3 nitrogen and oxygen atoms in total. The summed E-state index contributed by atoms with van der Waals surface area (Å²) in [5.41, 5.74) is 1.43. The number of hydrogen-bond donors (Lipinski definition) is 1. The predicted octanol–water partition coefficient (Wildman–Crippen LogP) is 3.45. The summed E-state index contributed by atoms with van der Waals surface area (Å²) in [5, 5.41) is 3.51. The molecule has 0 amide bonds. The topological polar surface area (TPSA) is 28.2 Å². The van der Waals surface area contributed by atoms with Crippen molar-refractivity contribution >= 4 is 5.82 Å². The second-order valence-corrected chi connectivity index (χ2v) is 6.52. The molecule has 108 valence electrons. The zero-order valence-electron chi connectivity index (χ0n) is 13.3. The first-order chi connectivity index (χ1) is 8.81. The predicted molar refractivity (Wildman–Crippen MR) is 83.6 cm³/mol. The van der Waals surface area contributed by atoms with Crippen LogP contribution in [0.3, 0.4) is 0 Å². The molecule has 1 aromatic rings. The van der Waals surface area contributed by atoms with Crippen LogP contribution in [-0.2, 0) is 6.54 Å². The highest BCUT2D eigenvalue weighted by molar-refractivity contribution is 5.40. The average Bonchev–Trinajstić information content (AvgIpc) is 2.35. The number of nitrogens with zero attached hydrogens (tertiary/aromatic N) is 2. The lowest BCUT2D eigenvalue weighted by Gasteiger charge is -2.23. The van der Waals surface area contributed by atoms with E-state index in [1.165, 1.54) is 12.0 Å². The fourth-order valence-electron chi connectivity index (χ4n) is 1.84. The quantitative estimate of drug-likeness (QED) is 0.852. The molecule has 1 N–H and O–H groups in total. The summed E-state index contributed by atoms with van der Waals surface area (Å²) in [6.07, 6.45) is 3.11. The van der Waals surface area contributed by atoms with Gasteiger partial charge in [-0.15, -0.1) is 0 Å². The van der Waals surface area contributed by atoms with Crippen molar-refractivity contribution in [1.29, 1.82) is 0 Å². The molecule has 19 heavy (non-hydrogen) atoms. The van der Waals surface area contributed by atoms with Gasteiger partial charge in [0.1, 0.15) is 5.82 Å². The summed E-state index contributed by atoms with van der Waals surface area (Å²) in [5.74, 6) is 1.76. The van der Waals surface area contributed by atoms with E-state index >= 15 is 0 Å². The van der Waals surface area contributed by atoms with Crippen LogP contribution in [0.4, 0.5) is 5.82 Å². The van der Waals surface area contributed by atoms with E-state index in [1.807, 2.05) is 6.20 Å². The SMILES string of the molecule is CCC(C)CN(C)c1cc(CNC(C)(C)C)ccn1. The molecule has 1 unspecified atom stereocenters. The van der Waals surface area contributed by atoms with E-state index in [-0.39, 0.29) is 5.54 Å². The van der Waals surface area contributed by atoms with Gasteiger partial charge in [-0.2, -0.15) is 0 Å². The van der Waals surface area contributed by atoms with Gasteiger partial charge >= 0.3 is 0 Å². The van der Waals surface area contributed by atoms with Crippen molar-refractivity contribution in [1.82, 2.24) is 10.3 Å². The van der Waals surface area contributed by atoms with Gasteiger partial charge in [0.25, 0.3) is 0 Å². The lowest BCUT2D eigenvalue weighted by molar-refractivity contribution is 0.424.